The third-order valence-electron chi connectivity index (χ3n) is 5.60. The molecule has 1 aromatic carbocycles. The largest absolute Gasteiger partial charge is 0.508 e. The number of phenols is 1. The minimum atomic E-state index is -1.22. The minimum absolute atomic E-state index is 0.0871. The maximum Gasteiger partial charge on any atom is 0.329 e. The van der Waals surface area contributed by atoms with Crippen LogP contribution in [0.25, 0.3) is 0 Å². The van der Waals surface area contributed by atoms with Gasteiger partial charge in [-0.1, -0.05) is 18.2 Å². The summed E-state index contributed by atoms with van der Waals surface area (Å²) in [5.41, 5.74) is 0.111. The molecule has 2 heterocycles. The Morgan fingerprint density at radius 2 is 2.00 bits per heavy atom. The molecular weight excluding hydrogens is 545 g/mol. The van der Waals surface area contributed by atoms with Crippen molar-refractivity contribution in [3.8, 4) is 5.75 Å². The fourth-order valence-electron chi connectivity index (χ4n) is 3.53. The molecule has 38 heavy (non-hydrogen) atoms. The molecule has 204 valence electrons. The van der Waals surface area contributed by atoms with Gasteiger partial charge in [0.1, 0.15) is 39.2 Å². The molecule has 1 aliphatic rings. The van der Waals surface area contributed by atoms with E-state index in [4.69, 9.17) is 4.74 Å². The molecule has 0 aliphatic carbocycles. The lowest BCUT2D eigenvalue weighted by atomic mass is 10.0. The molecule has 1 aliphatic heterocycles. The molecule has 0 radical (unpaired) electrons. The monoisotopic (exact) mass is 576 g/mol. The maximum atomic E-state index is 13.4. The first-order valence-corrected chi connectivity index (χ1v) is 14.8. The Morgan fingerprint density at radius 1 is 1.26 bits per heavy atom. The Bertz CT molecular complexity index is 1190. The van der Waals surface area contributed by atoms with E-state index in [0.29, 0.717) is 33.5 Å². The van der Waals surface area contributed by atoms with Gasteiger partial charge < -0.3 is 20.5 Å². The number of esters is 1. The first kappa shape index (κ1) is 29.7. The van der Waals surface area contributed by atoms with Crippen LogP contribution in [0.2, 0.25) is 0 Å². The van der Waals surface area contributed by atoms with Gasteiger partial charge >= 0.3 is 5.97 Å². The predicted molar refractivity (Wildman–Crippen MR) is 154 cm³/mol. The number of hydrogen-bond donors (Lipinski definition) is 4. The van der Waals surface area contributed by atoms with Gasteiger partial charge in [0.15, 0.2) is 0 Å². The molecule has 3 N–H and O–H groups in total. The Balaban J connectivity index is 1.99. The number of carbonyl (C=O) groups excluding carboxylic acids is 3. The zero-order chi connectivity index (χ0) is 27.7. The van der Waals surface area contributed by atoms with Crippen LogP contribution in [0.15, 0.2) is 46.8 Å². The number of carbonyl (C=O) groups is 3. The number of aliphatic imine (C=N–C) groups is 1. The van der Waals surface area contributed by atoms with E-state index in [0.717, 1.165) is 0 Å². The van der Waals surface area contributed by atoms with Gasteiger partial charge in [0.2, 0.25) is 11.8 Å². The SMILES string of the molecule is CS/C1=N\C(C)(C)C(=O)N[C@@H](Cc2ccc(O)cc2)C(=O)O[C@H](/C=C/CCS)CC(=O)NCc2nc1cs2. The number of rotatable bonds is 5. The second-order valence-electron chi connectivity index (χ2n) is 9.10. The van der Waals surface area contributed by atoms with E-state index in [1.165, 1.54) is 35.2 Å². The number of thioether (sulfide) groups is 1. The summed E-state index contributed by atoms with van der Waals surface area (Å²) < 4.78 is 5.74. The van der Waals surface area contributed by atoms with Crippen molar-refractivity contribution in [2.24, 2.45) is 4.99 Å². The molecule has 2 atom stereocenters. The maximum absolute atomic E-state index is 13.4. The molecule has 2 aromatic rings. The lowest BCUT2D eigenvalue weighted by Gasteiger charge is -2.26. The van der Waals surface area contributed by atoms with Crippen LogP contribution < -0.4 is 10.6 Å². The lowest BCUT2D eigenvalue weighted by molar-refractivity contribution is -0.152. The number of ether oxygens (including phenoxy) is 1. The van der Waals surface area contributed by atoms with Crippen LogP contribution in [0.3, 0.4) is 0 Å². The Hall–Kier alpha value is -2.83. The molecule has 3 rings (SSSR count). The van der Waals surface area contributed by atoms with Gasteiger partial charge in [-0.15, -0.1) is 23.1 Å². The zero-order valence-electron chi connectivity index (χ0n) is 21.5. The van der Waals surface area contributed by atoms with E-state index in [9.17, 15) is 19.5 Å². The highest BCUT2D eigenvalue weighted by Gasteiger charge is 2.34. The number of thiazole rings is 1. The van der Waals surface area contributed by atoms with Gasteiger partial charge in [-0.25, -0.2) is 9.78 Å². The summed E-state index contributed by atoms with van der Waals surface area (Å²) >= 11 is 6.94. The second kappa shape index (κ2) is 13.8. The van der Waals surface area contributed by atoms with E-state index in [2.05, 4.69) is 33.2 Å². The highest BCUT2D eigenvalue weighted by molar-refractivity contribution is 8.13. The summed E-state index contributed by atoms with van der Waals surface area (Å²) in [6.45, 7) is 3.56. The van der Waals surface area contributed by atoms with Gasteiger partial charge in [0.05, 0.1) is 13.0 Å². The molecule has 12 heteroatoms. The average molecular weight is 577 g/mol. The van der Waals surface area contributed by atoms with Gasteiger partial charge in [0, 0.05) is 11.8 Å². The van der Waals surface area contributed by atoms with Crippen molar-refractivity contribution < 1.29 is 24.2 Å². The summed E-state index contributed by atoms with van der Waals surface area (Å²) in [6.07, 6.45) is 5.15. The van der Waals surface area contributed by atoms with E-state index in [-0.39, 0.29) is 31.0 Å². The quantitative estimate of drug-likeness (QED) is 0.244. The molecule has 2 bridgehead atoms. The average Bonchev–Trinajstić information content (AvgIpc) is 3.35. The van der Waals surface area contributed by atoms with Crippen molar-refractivity contribution in [2.45, 2.75) is 57.3 Å². The van der Waals surface area contributed by atoms with Gasteiger partial charge in [-0.2, -0.15) is 12.6 Å². The topological polar surface area (TPSA) is 130 Å². The molecular formula is C26H32N4O5S3. The molecule has 9 nitrogen and oxygen atoms in total. The number of hydrogen-bond acceptors (Lipinski definition) is 10. The number of amides is 2. The summed E-state index contributed by atoms with van der Waals surface area (Å²) in [7, 11) is 0. The van der Waals surface area contributed by atoms with Crippen LogP contribution in [-0.2, 0) is 32.1 Å². The van der Waals surface area contributed by atoms with Crippen molar-refractivity contribution in [1.82, 2.24) is 15.6 Å². The number of phenolic OH excluding ortho intramolecular Hbond substituents is 1. The van der Waals surface area contributed by atoms with Gasteiger partial charge in [-0.05, 0) is 56.0 Å². The number of thiol groups is 1. The molecule has 0 fully saturated rings. The Labute approximate surface area is 236 Å². The molecule has 0 saturated heterocycles. The lowest BCUT2D eigenvalue weighted by Crippen LogP contribution is -2.51. The van der Waals surface area contributed by atoms with E-state index in [1.54, 1.807) is 38.1 Å². The number of aromatic hydroxyl groups is 1. The number of nitrogens with one attached hydrogen (secondary N) is 2. The molecule has 0 spiro atoms. The van der Waals surface area contributed by atoms with Crippen LogP contribution in [0.1, 0.15) is 43.0 Å². The Morgan fingerprint density at radius 3 is 2.68 bits per heavy atom. The van der Waals surface area contributed by atoms with Crippen molar-refractivity contribution >= 4 is 58.6 Å². The number of fused-ring (bicyclic) bond motifs is 2. The van der Waals surface area contributed by atoms with E-state index in [1.807, 2.05) is 11.6 Å². The van der Waals surface area contributed by atoms with Gasteiger partial charge in [0.25, 0.3) is 0 Å². The molecule has 1 aromatic heterocycles. The van der Waals surface area contributed by atoms with Crippen molar-refractivity contribution in [1.29, 1.82) is 0 Å². The van der Waals surface area contributed by atoms with Crippen LogP contribution in [0, 0.1) is 0 Å². The number of aromatic nitrogens is 1. The van der Waals surface area contributed by atoms with E-state index < -0.39 is 29.6 Å². The number of benzene rings is 1. The van der Waals surface area contributed by atoms with Crippen molar-refractivity contribution in [3.05, 3.63) is 58.1 Å². The van der Waals surface area contributed by atoms with Gasteiger partial charge in [-0.3, -0.25) is 14.6 Å². The van der Waals surface area contributed by atoms with Crippen molar-refractivity contribution in [2.75, 3.05) is 12.0 Å². The zero-order valence-corrected chi connectivity index (χ0v) is 24.0. The first-order valence-electron chi connectivity index (χ1n) is 12.0. The number of cyclic esters (lactones) is 1. The summed E-state index contributed by atoms with van der Waals surface area (Å²) in [5.74, 6) is -0.764. The number of nitrogens with zero attached hydrogens (tertiary/aromatic N) is 2. The third kappa shape index (κ3) is 8.60. The summed E-state index contributed by atoms with van der Waals surface area (Å²) in [5, 5.41) is 18.4. The highest BCUT2D eigenvalue weighted by atomic mass is 32.2. The van der Waals surface area contributed by atoms with Crippen LogP contribution in [0.4, 0.5) is 0 Å². The summed E-state index contributed by atoms with van der Waals surface area (Å²) in [6, 6.07) is 5.29. The molecule has 0 saturated carbocycles. The number of allylic oxidation sites excluding steroid dienone is 1. The highest BCUT2D eigenvalue weighted by Crippen LogP contribution is 2.21. The van der Waals surface area contributed by atoms with Crippen LogP contribution in [-0.4, -0.2) is 62.6 Å². The minimum Gasteiger partial charge on any atom is -0.508 e. The van der Waals surface area contributed by atoms with E-state index >= 15 is 0 Å². The summed E-state index contributed by atoms with van der Waals surface area (Å²) in [4.78, 5) is 48.7. The van der Waals surface area contributed by atoms with Crippen LogP contribution >= 0.6 is 35.7 Å². The normalized spacial score (nSPS) is 22.3. The fourth-order valence-corrected chi connectivity index (χ4v) is 5.11. The Kier molecular flexibility index (Phi) is 10.8. The standard InChI is InChI=1S/C26H32N4O5S3/c1-26(2)25(34)29-19(12-16-7-9-17(31)10-8-16)24(33)35-18(6-4-5-11-36)13-21(32)27-14-22-28-20(15-38-22)23(30-26)37-3/h4,6-10,15,18-19,31,36H,5,11-14H2,1-3H3,(H,27,32)(H,29,34)/b6-4+,30-23-/t18-,19+/m1/s1. The fraction of sp³-hybridized carbons (Fsp3) is 0.423. The molecule has 2 amide bonds. The predicted octanol–water partition coefficient (Wildman–Crippen LogP) is 3.27. The first-order chi connectivity index (χ1) is 18.1. The molecule has 0 unspecified atom stereocenters. The van der Waals surface area contributed by atoms with Crippen LogP contribution in [0.5, 0.6) is 5.75 Å². The third-order valence-corrected chi connectivity index (χ3v) is 7.40. The smallest absolute Gasteiger partial charge is 0.329 e. The van der Waals surface area contributed by atoms with Crippen molar-refractivity contribution in [3.63, 3.8) is 0 Å². The second-order valence-corrected chi connectivity index (χ2v) is 11.3.